The molecule has 4 rings (SSSR count). The minimum atomic E-state index is -0.471. The van der Waals surface area contributed by atoms with Crippen molar-refractivity contribution in [2.24, 2.45) is 5.92 Å². The van der Waals surface area contributed by atoms with Crippen LogP contribution in [0.25, 0.3) is 11.0 Å². The Morgan fingerprint density at radius 1 is 1.36 bits per heavy atom. The first-order chi connectivity index (χ1) is 11.7. The number of carbonyl (C=O) groups is 1. The lowest BCUT2D eigenvalue weighted by atomic mass is 10.0. The topological polar surface area (TPSA) is 99.2 Å². The number of anilines is 1. The molecule has 2 aromatic rings. The molecule has 1 saturated carbocycles. The van der Waals surface area contributed by atoms with Crippen LogP contribution in [0.1, 0.15) is 39.7 Å². The lowest BCUT2D eigenvalue weighted by Crippen LogP contribution is -2.43. The van der Waals surface area contributed by atoms with Crippen molar-refractivity contribution in [2.75, 3.05) is 12.3 Å². The lowest BCUT2D eigenvalue weighted by molar-refractivity contribution is 0.0163. The number of hydrogen-bond donors (Lipinski definition) is 1. The average Bonchev–Trinajstić information content (AvgIpc) is 3.18. The minimum absolute atomic E-state index is 0.195. The van der Waals surface area contributed by atoms with Gasteiger partial charge in [0.2, 0.25) is 0 Å². The molecule has 0 spiro atoms. The first-order valence-corrected chi connectivity index (χ1v) is 9.46. The summed E-state index contributed by atoms with van der Waals surface area (Å²) in [6.07, 6.45) is 3.10. The van der Waals surface area contributed by atoms with Crippen molar-refractivity contribution in [1.29, 1.82) is 0 Å². The molecule has 1 saturated heterocycles. The molecule has 25 heavy (non-hydrogen) atoms. The Balaban J connectivity index is 1.58. The second-order valence-electron chi connectivity index (χ2n) is 7.78. The fourth-order valence-electron chi connectivity index (χ4n) is 3.95. The van der Waals surface area contributed by atoms with E-state index in [0.29, 0.717) is 18.3 Å². The molecular formula is C16H21IN6O2. The summed E-state index contributed by atoms with van der Waals surface area (Å²) >= 11 is 2.17. The molecular weight excluding hydrogens is 435 g/mol. The van der Waals surface area contributed by atoms with Gasteiger partial charge in [-0.1, -0.05) is 0 Å². The number of likely N-dealkylation sites (tertiary alicyclic amines) is 1. The van der Waals surface area contributed by atoms with Gasteiger partial charge in [0.05, 0.1) is 11.4 Å². The molecule has 1 aliphatic carbocycles. The molecule has 1 unspecified atom stereocenters. The maximum absolute atomic E-state index is 12.4. The Labute approximate surface area is 159 Å². The van der Waals surface area contributed by atoms with E-state index in [1.54, 1.807) is 0 Å². The molecule has 0 aromatic carbocycles. The Kier molecular flexibility index (Phi) is 3.82. The van der Waals surface area contributed by atoms with Gasteiger partial charge in [-0.2, -0.15) is 5.10 Å². The molecule has 2 aromatic heterocycles. The zero-order chi connectivity index (χ0) is 17.9. The van der Waals surface area contributed by atoms with Crippen LogP contribution in [-0.2, 0) is 4.74 Å². The van der Waals surface area contributed by atoms with Crippen LogP contribution >= 0.6 is 22.6 Å². The zero-order valence-corrected chi connectivity index (χ0v) is 16.6. The van der Waals surface area contributed by atoms with Crippen LogP contribution in [0.3, 0.4) is 0 Å². The summed E-state index contributed by atoms with van der Waals surface area (Å²) in [6.45, 7) is 6.38. The second-order valence-corrected chi connectivity index (χ2v) is 8.80. The molecule has 2 aliphatic rings. The molecule has 1 aliphatic heterocycles. The first-order valence-electron chi connectivity index (χ1n) is 8.38. The van der Waals surface area contributed by atoms with Crippen molar-refractivity contribution < 1.29 is 9.53 Å². The van der Waals surface area contributed by atoms with Crippen molar-refractivity contribution in [3.05, 3.63) is 10.0 Å². The van der Waals surface area contributed by atoms with Crippen molar-refractivity contribution in [3.63, 3.8) is 0 Å². The number of nitrogen functional groups attached to an aromatic ring is 1. The molecule has 1 amide bonds. The fourth-order valence-corrected chi connectivity index (χ4v) is 4.70. The van der Waals surface area contributed by atoms with Gasteiger partial charge in [0.1, 0.15) is 21.4 Å². The van der Waals surface area contributed by atoms with Gasteiger partial charge in [-0.15, -0.1) is 0 Å². The van der Waals surface area contributed by atoms with Crippen LogP contribution in [0.2, 0.25) is 0 Å². The predicted octanol–water partition coefficient (Wildman–Crippen LogP) is 2.58. The van der Waals surface area contributed by atoms with Crippen molar-refractivity contribution >= 4 is 45.5 Å². The highest BCUT2D eigenvalue weighted by atomic mass is 127. The zero-order valence-electron chi connectivity index (χ0n) is 14.4. The number of nitrogens with two attached hydrogens (primary N) is 1. The number of piperidine rings is 1. The summed E-state index contributed by atoms with van der Waals surface area (Å²) in [4.78, 5) is 22.7. The quantitative estimate of drug-likeness (QED) is 0.663. The molecule has 2 N–H and O–H groups in total. The number of fused-ring (bicyclic) bond motifs is 3. The number of hydrogen-bond acceptors (Lipinski definition) is 6. The van der Waals surface area contributed by atoms with Crippen molar-refractivity contribution in [2.45, 2.75) is 51.3 Å². The summed E-state index contributed by atoms with van der Waals surface area (Å²) in [5, 5.41) is 5.48. The number of nitrogens with zero attached hydrogens (tertiary/aromatic N) is 5. The minimum Gasteiger partial charge on any atom is -0.444 e. The lowest BCUT2D eigenvalue weighted by Gasteiger charge is -2.33. The van der Waals surface area contributed by atoms with E-state index in [1.165, 1.54) is 6.33 Å². The highest BCUT2D eigenvalue weighted by Gasteiger charge is 2.49. The number of halogens is 1. The summed E-state index contributed by atoms with van der Waals surface area (Å²) in [5.74, 6) is 0.812. The normalized spacial score (nSPS) is 25.8. The van der Waals surface area contributed by atoms with Crippen LogP contribution in [0, 0.1) is 9.62 Å². The van der Waals surface area contributed by atoms with E-state index in [-0.39, 0.29) is 18.2 Å². The van der Waals surface area contributed by atoms with Gasteiger partial charge < -0.3 is 15.4 Å². The Morgan fingerprint density at radius 3 is 2.76 bits per heavy atom. The molecule has 134 valence electrons. The van der Waals surface area contributed by atoms with Crippen LogP contribution in [-0.4, -0.2) is 48.9 Å². The number of rotatable bonds is 1. The van der Waals surface area contributed by atoms with Crippen LogP contribution in [0.15, 0.2) is 6.33 Å². The summed E-state index contributed by atoms with van der Waals surface area (Å²) < 4.78 is 8.33. The van der Waals surface area contributed by atoms with Gasteiger partial charge in [-0.25, -0.2) is 19.4 Å². The fraction of sp³-hybridized carbons (Fsp3) is 0.625. The number of aromatic nitrogens is 4. The van der Waals surface area contributed by atoms with E-state index in [0.717, 1.165) is 27.6 Å². The monoisotopic (exact) mass is 456 g/mol. The van der Waals surface area contributed by atoms with Gasteiger partial charge >= 0.3 is 6.09 Å². The Morgan fingerprint density at radius 2 is 2.12 bits per heavy atom. The maximum atomic E-state index is 12.4. The van der Waals surface area contributed by atoms with Crippen molar-refractivity contribution in [1.82, 2.24) is 24.6 Å². The van der Waals surface area contributed by atoms with Gasteiger partial charge in [-0.05, 0) is 56.2 Å². The van der Waals surface area contributed by atoms with Gasteiger partial charge in [0.25, 0.3) is 0 Å². The number of amides is 1. The van der Waals surface area contributed by atoms with E-state index in [2.05, 4.69) is 37.7 Å². The van der Waals surface area contributed by atoms with Gasteiger partial charge in [0, 0.05) is 18.5 Å². The SMILES string of the molecule is CC(C)(C)OC(=O)N1C[C@H]2C[C@@H]1CC2n1nc(I)c2c(N)ncnc21. The summed E-state index contributed by atoms with van der Waals surface area (Å²) in [7, 11) is 0. The van der Waals surface area contributed by atoms with Crippen LogP contribution < -0.4 is 5.73 Å². The van der Waals surface area contributed by atoms with Crippen LogP contribution in [0.4, 0.5) is 10.6 Å². The molecule has 3 atom stereocenters. The van der Waals surface area contributed by atoms with E-state index < -0.39 is 5.60 Å². The standard InChI is InChI=1S/C16H21IN6O2/c1-16(2,3)25-15(24)22-6-8-4-9(22)5-10(8)23-14-11(12(17)21-23)13(18)19-7-20-14/h7-10H,4-6H2,1-3H3,(H2,18,19,20)/t8-,9-,10?/m1/s1. The van der Waals surface area contributed by atoms with Gasteiger partial charge in [-0.3, -0.25) is 0 Å². The predicted molar refractivity (Wildman–Crippen MR) is 101 cm³/mol. The largest absolute Gasteiger partial charge is 0.444 e. The van der Waals surface area contributed by atoms with E-state index in [1.807, 2.05) is 30.4 Å². The van der Waals surface area contributed by atoms with E-state index in [4.69, 9.17) is 10.5 Å². The summed E-state index contributed by atoms with van der Waals surface area (Å²) in [6, 6.07) is 0.421. The Hall–Kier alpha value is -1.65. The third-order valence-corrected chi connectivity index (χ3v) is 5.68. The molecule has 2 bridgehead atoms. The summed E-state index contributed by atoms with van der Waals surface area (Å²) in [5.41, 5.74) is 6.29. The van der Waals surface area contributed by atoms with Gasteiger partial charge in [0.15, 0.2) is 5.65 Å². The van der Waals surface area contributed by atoms with Crippen LogP contribution in [0.5, 0.6) is 0 Å². The molecule has 3 heterocycles. The highest BCUT2D eigenvalue weighted by molar-refractivity contribution is 14.1. The third kappa shape index (κ3) is 2.81. The average molecular weight is 456 g/mol. The first kappa shape index (κ1) is 16.8. The second kappa shape index (κ2) is 5.68. The molecule has 9 heteroatoms. The molecule has 8 nitrogen and oxygen atoms in total. The maximum Gasteiger partial charge on any atom is 0.410 e. The molecule has 0 radical (unpaired) electrons. The number of carbonyl (C=O) groups excluding carboxylic acids is 1. The van der Waals surface area contributed by atoms with E-state index in [9.17, 15) is 4.79 Å². The number of ether oxygens (including phenoxy) is 1. The van der Waals surface area contributed by atoms with Crippen molar-refractivity contribution in [3.8, 4) is 0 Å². The smallest absolute Gasteiger partial charge is 0.410 e. The third-order valence-electron chi connectivity index (χ3n) is 4.92. The Bertz CT molecular complexity index is 845. The molecule has 2 fully saturated rings. The van der Waals surface area contributed by atoms with E-state index >= 15 is 0 Å². The highest BCUT2D eigenvalue weighted by Crippen LogP contribution is 2.46.